The largest absolute Gasteiger partial charge is 0.508 e. The van der Waals surface area contributed by atoms with E-state index in [1.54, 1.807) is 0 Å². The van der Waals surface area contributed by atoms with Gasteiger partial charge in [0.1, 0.15) is 17.7 Å². The number of aromatic hydroxyl groups is 1. The number of hydrogen-bond acceptors (Lipinski definition) is 5. The fraction of sp³-hybridized carbons (Fsp3) is 0.429. The minimum Gasteiger partial charge on any atom is -0.508 e. The first kappa shape index (κ1) is 13.1. The number of aromatic nitrogens is 2. The molecule has 1 saturated carbocycles. The monoisotopic (exact) mass is 278 g/mol. The summed E-state index contributed by atoms with van der Waals surface area (Å²) in [5.74, 6) is 0.237. The summed E-state index contributed by atoms with van der Waals surface area (Å²) in [6, 6.07) is 3.80. The predicted molar refractivity (Wildman–Crippen MR) is 68.4 cm³/mol. The van der Waals surface area contributed by atoms with Crippen molar-refractivity contribution in [2.24, 2.45) is 5.92 Å². The Bertz CT molecular complexity index is 610. The zero-order valence-electron chi connectivity index (χ0n) is 11.0. The molecule has 0 bridgehead atoms. The molecule has 5 nitrogen and oxygen atoms in total. The molecule has 6 heteroatoms. The number of phenols is 1. The fourth-order valence-electron chi connectivity index (χ4n) is 2.14. The van der Waals surface area contributed by atoms with Crippen molar-refractivity contribution in [3.05, 3.63) is 29.8 Å². The molecule has 0 radical (unpaired) electrons. The van der Waals surface area contributed by atoms with Crippen LogP contribution in [-0.2, 0) is 4.74 Å². The third-order valence-corrected chi connectivity index (χ3v) is 3.28. The summed E-state index contributed by atoms with van der Waals surface area (Å²) in [4.78, 5) is 4.23. The molecule has 1 N–H and O–H groups in total. The van der Waals surface area contributed by atoms with Gasteiger partial charge in [0.05, 0.1) is 5.56 Å². The van der Waals surface area contributed by atoms with Crippen LogP contribution in [0.25, 0.3) is 11.5 Å². The first-order valence-corrected chi connectivity index (χ1v) is 6.63. The molecule has 1 aliphatic carbocycles. The molecule has 1 aliphatic rings. The highest BCUT2D eigenvalue weighted by Gasteiger charge is 2.36. The molecule has 0 spiro atoms. The second kappa shape index (κ2) is 5.20. The zero-order valence-corrected chi connectivity index (χ0v) is 11.0. The Labute approximate surface area is 115 Å². The zero-order chi connectivity index (χ0) is 14.1. The normalized spacial score (nSPS) is 16.3. The Morgan fingerprint density at radius 1 is 1.50 bits per heavy atom. The average Bonchev–Trinajstić information content (AvgIpc) is 3.14. The first-order chi connectivity index (χ1) is 9.69. The van der Waals surface area contributed by atoms with E-state index in [-0.39, 0.29) is 23.3 Å². The third kappa shape index (κ3) is 2.51. The third-order valence-electron chi connectivity index (χ3n) is 3.28. The number of hydrogen-bond donors (Lipinski definition) is 1. The number of ether oxygens (including phenoxy) is 1. The quantitative estimate of drug-likeness (QED) is 0.910. The van der Waals surface area contributed by atoms with E-state index < -0.39 is 5.82 Å². The van der Waals surface area contributed by atoms with Gasteiger partial charge in [0.15, 0.2) is 0 Å². The van der Waals surface area contributed by atoms with Crippen molar-refractivity contribution in [2.45, 2.75) is 25.9 Å². The van der Waals surface area contributed by atoms with Crippen LogP contribution in [0, 0.1) is 11.7 Å². The van der Waals surface area contributed by atoms with Crippen LogP contribution in [0.5, 0.6) is 5.75 Å². The average molecular weight is 278 g/mol. The minimum atomic E-state index is -0.598. The molecule has 1 atom stereocenters. The lowest BCUT2D eigenvalue weighted by Gasteiger charge is -2.10. The molecule has 1 fully saturated rings. The van der Waals surface area contributed by atoms with Gasteiger partial charge >= 0.3 is 0 Å². The van der Waals surface area contributed by atoms with E-state index in [4.69, 9.17) is 9.26 Å². The topological polar surface area (TPSA) is 68.4 Å². The van der Waals surface area contributed by atoms with Gasteiger partial charge in [-0.05, 0) is 37.8 Å². The lowest BCUT2D eigenvalue weighted by Crippen LogP contribution is -2.08. The molecule has 1 aromatic carbocycles. The standard InChI is InChI=1S/C14H15FN2O3/c1-2-19-12(8-3-4-8)13-16-14(20-17-13)10-6-5-9(18)7-11(10)15/h5-8,12,18H,2-4H2,1H3. The van der Waals surface area contributed by atoms with Crippen molar-refractivity contribution in [1.82, 2.24) is 10.1 Å². The second-order valence-electron chi connectivity index (χ2n) is 4.84. The molecule has 3 rings (SSSR count). The lowest BCUT2D eigenvalue weighted by atomic mass is 10.2. The van der Waals surface area contributed by atoms with Gasteiger partial charge in [0.2, 0.25) is 5.82 Å². The van der Waals surface area contributed by atoms with Gasteiger partial charge in [0, 0.05) is 12.7 Å². The summed E-state index contributed by atoms with van der Waals surface area (Å²) in [6.45, 7) is 2.48. The lowest BCUT2D eigenvalue weighted by molar-refractivity contribution is 0.0385. The van der Waals surface area contributed by atoms with Crippen LogP contribution in [-0.4, -0.2) is 21.9 Å². The molecule has 1 unspecified atom stereocenters. The Morgan fingerprint density at radius 2 is 2.30 bits per heavy atom. The fourth-order valence-corrected chi connectivity index (χ4v) is 2.14. The molecule has 0 amide bonds. The van der Waals surface area contributed by atoms with Crippen LogP contribution in [0.4, 0.5) is 4.39 Å². The summed E-state index contributed by atoms with van der Waals surface area (Å²) in [7, 11) is 0. The Hall–Kier alpha value is -1.95. The number of rotatable bonds is 5. The van der Waals surface area contributed by atoms with E-state index >= 15 is 0 Å². The van der Waals surface area contributed by atoms with Gasteiger partial charge in [0.25, 0.3) is 5.89 Å². The number of nitrogens with zero attached hydrogens (tertiary/aromatic N) is 2. The highest BCUT2D eigenvalue weighted by Crippen LogP contribution is 2.42. The molecule has 106 valence electrons. The molecule has 0 aliphatic heterocycles. The molecule has 1 aromatic heterocycles. The highest BCUT2D eigenvalue weighted by molar-refractivity contribution is 5.55. The van der Waals surface area contributed by atoms with Gasteiger partial charge < -0.3 is 14.4 Å². The van der Waals surface area contributed by atoms with Crippen LogP contribution in [0.3, 0.4) is 0 Å². The van der Waals surface area contributed by atoms with E-state index in [9.17, 15) is 9.50 Å². The van der Waals surface area contributed by atoms with Crippen LogP contribution < -0.4 is 0 Å². The van der Waals surface area contributed by atoms with Crippen LogP contribution in [0.2, 0.25) is 0 Å². The van der Waals surface area contributed by atoms with Crippen molar-refractivity contribution in [2.75, 3.05) is 6.61 Å². The summed E-state index contributed by atoms with van der Waals surface area (Å²) in [6.07, 6.45) is 1.99. The predicted octanol–water partition coefficient (Wildman–Crippen LogP) is 3.07. The molecule has 0 saturated heterocycles. The van der Waals surface area contributed by atoms with Crippen LogP contribution >= 0.6 is 0 Å². The van der Waals surface area contributed by atoms with Crippen LogP contribution in [0.15, 0.2) is 22.7 Å². The van der Waals surface area contributed by atoms with E-state index in [2.05, 4.69) is 10.1 Å². The number of halogens is 1. The van der Waals surface area contributed by atoms with Crippen molar-refractivity contribution < 1.29 is 18.8 Å². The minimum absolute atomic E-state index is 0.0999. The number of phenolic OH excluding ortho intramolecular Hbond substituents is 1. The number of benzene rings is 1. The molecular weight excluding hydrogens is 263 g/mol. The summed E-state index contributed by atoms with van der Waals surface area (Å²) in [5.41, 5.74) is 0.174. The van der Waals surface area contributed by atoms with E-state index in [1.807, 2.05) is 6.92 Å². The summed E-state index contributed by atoms with van der Waals surface area (Å²) in [5, 5.41) is 13.1. The SMILES string of the molecule is CCOC(c1noc(-c2ccc(O)cc2F)n1)C1CC1. The van der Waals surface area contributed by atoms with Crippen LogP contribution in [0.1, 0.15) is 31.7 Å². The summed E-state index contributed by atoms with van der Waals surface area (Å²) >= 11 is 0. The molecule has 2 aromatic rings. The van der Waals surface area contributed by atoms with Gasteiger partial charge in [-0.1, -0.05) is 5.16 Å². The van der Waals surface area contributed by atoms with E-state index in [0.29, 0.717) is 18.3 Å². The maximum atomic E-state index is 13.7. The Morgan fingerprint density at radius 3 is 2.95 bits per heavy atom. The van der Waals surface area contributed by atoms with Gasteiger partial charge in [-0.15, -0.1) is 0 Å². The van der Waals surface area contributed by atoms with Gasteiger partial charge in [-0.25, -0.2) is 4.39 Å². The van der Waals surface area contributed by atoms with Gasteiger partial charge in [-0.3, -0.25) is 0 Å². The van der Waals surface area contributed by atoms with Gasteiger partial charge in [-0.2, -0.15) is 4.98 Å². The maximum absolute atomic E-state index is 13.7. The Balaban J connectivity index is 1.89. The van der Waals surface area contributed by atoms with Crippen molar-refractivity contribution in [3.8, 4) is 17.2 Å². The van der Waals surface area contributed by atoms with Crippen molar-refractivity contribution in [3.63, 3.8) is 0 Å². The summed E-state index contributed by atoms with van der Waals surface area (Å²) < 4.78 is 24.5. The van der Waals surface area contributed by atoms with Crippen molar-refractivity contribution in [1.29, 1.82) is 0 Å². The highest BCUT2D eigenvalue weighted by atomic mass is 19.1. The second-order valence-corrected chi connectivity index (χ2v) is 4.84. The molecule has 1 heterocycles. The molecule has 20 heavy (non-hydrogen) atoms. The van der Waals surface area contributed by atoms with E-state index in [1.165, 1.54) is 12.1 Å². The molecular formula is C14H15FN2O3. The smallest absolute Gasteiger partial charge is 0.260 e. The maximum Gasteiger partial charge on any atom is 0.260 e. The Kier molecular flexibility index (Phi) is 3.40. The van der Waals surface area contributed by atoms with E-state index in [0.717, 1.165) is 18.9 Å². The first-order valence-electron chi connectivity index (χ1n) is 6.63. The van der Waals surface area contributed by atoms with Crippen molar-refractivity contribution >= 4 is 0 Å².